The first kappa shape index (κ1) is 15.3. The lowest BCUT2D eigenvalue weighted by atomic mass is 9.95. The Morgan fingerprint density at radius 1 is 1.29 bits per heavy atom. The van der Waals surface area contributed by atoms with Crippen molar-refractivity contribution in [3.8, 4) is 0 Å². The van der Waals surface area contributed by atoms with Crippen LogP contribution in [0.1, 0.15) is 44.1 Å². The molecule has 4 rings (SSSR count). The van der Waals surface area contributed by atoms with E-state index < -0.39 is 0 Å². The zero-order chi connectivity index (χ0) is 14.8. The topological polar surface area (TPSA) is 35.2 Å². The summed E-state index contributed by atoms with van der Waals surface area (Å²) in [5.41, 5.74) is 1.11. The van der Waals surface area contributed by atoms with Crippen molar-refractivity contribution in [1.29, 1.82) is 0 Å². The third-order valence-electron chi connectivity index (χ3n) is 4.92. The van der Waals surface area contributed by atoms with Crippen LogP contribution in [0.15, 0.2) is 0 Å². The molecule has 2 atom stereocenters. The third kappa shape index (κ3) is 3.61. The molecule has 0 aromatic carbocycles. The number of aryl methyl sites for hydroxylation is 1. The Labute approximate surface area is 132 Å². The van der Waals surface area contributed by atoms with Gasteiger partial charge in [0.2, 0.25) is 0 Å². The number of aromatic amines is 1. The maximum Gasteiger partial charge on any atom is 0.151 e. The molecule has 4 nitrogen and oxygen atoms in total. The number of halogens is 1. The molecule has 5 heteroatoms. The van der Waals surface area contributed by atoms with Crippen molar-refractivity contribution in [2.24, 2.45) is 5.92 Å². The first-order chi connectivity index (χ1) is 10.2. The van der Waals surface area contributed by atoms with E-state index in [9.17, 15) is 0 Å². The minimum atomic E-state index is 0.673. The van der Waals surface area contributed by atoms with E-state index >= 15 is 0 Å². The first-order valence-electron chi connectivity index (χ1n) is 8.31. The van der Waals surface area contributed by atoms with Gasteiger partial charge in [-0.25, -0.2) is 4.98 Å². The summed E-state index contributed by atoms with van der Waals surface area (Å²) in [5, 5.41) is 0.676. The molecule has 0 radical (unpaired) electrons. The van der Waals surface area contributed by atoms with Crippen molar-refractivity contribution < 1.29 is 0 Å². The van der Waals surface area contributed by atoms with E-state index in [1.165, 1.54) is 45.3 Å². The lowest BCUT2D eigenvalue weighted by Gasteiger charge is -2.35. The standard InChI is InChI=1S/C16H27ClN4/c1-3-4-5-15-18-14(16(17)19-15)11-21-9-12-6-7-13(21)10-20(2)8-12/h12-13H,3-11H2,1-2H3,(H,18,19)/t12-,13+/m1/s1. The van der Waals surface area contributed by atoms with E-state index in [-0.39, 0.29) is 0 Å². The number of rotatable bonds is 5. The molecule has 118 valence electrons. The van der Waals surface area contributed by atoms with Crippen molar-refractivity contribution in [3.05, 3.63) is 16.7 Å². The number of imidazole rings is 1. The number of aromatic nitrogens is 2. The largest absolute Gasteiger partial charge is 0.344 e. The lowest BCUT2D eigenvalue weighted by Crippen LogP contribution is -2.43. The van der Waals surface area contributed by atoms with Crippen LogP contribution in [0.5, 0.6) is 0 Å². The molecule has 2 bridgehead atoms. The molecule has 0 saturated carbocycles. The Bertz CT molecular complexity index is 473. The fourth-order valence-corrected chi connectivity index (χ4v) is 4.03. The highest BCUT2D eigenvalue weighted by atomic mass is 35.5. The third-order valence-corrected chi connectivity index (χ3v) is 5.23. The van der Waals surface area contributed by atoms with Crippen LogP contribution in [0.4, 0.5) is 0 Å². The number of hydrogen-bond acceptors (Lipinski definition) is 3. The second-order valence-corrected chi connectivity index (χ2v) is 7.16. The summed E-state index contributed by atoms with van der Waals surface area (Å²) in [4.78, 5) is 13.0. The van der Waals surface area contributed by atoms with Crippen molar-refractivity contribution in [1.82, 2.24) is 19.8 Å². The molecule has 1 N–H and O–H groups in total. The fraction of sp³-hybridized carbons (Fsp3) is 0.812. The van der Waals surface area contributed by atoms with Gasteiger partial charge in [0.25, 0.3) is 0 Å². The monoisotopic (exact) mass is 310 g/mol. The normalized spacial score (nSPS) is 27.2. The van der Waals surface area contributed by atoms with E-state index in [4.69, 9.17) is 11.6 Å². The van der Waals surface area contributed by atoms with Gasteiger partial charge in [-0.3, -0.25) is 4.90 Å². The predicted octanol–water partition coefficient (Wildman–Crippen LogP) is 2.93. The van der Waals surface area contributed by atoms with Crippen LogP contribution in [-0.2, 0) is 13.0 Å². The molecule has 0 aliphatic carbocycles. The SMILES string of the molecule is CCCCc1nc(Cl)c(CN2C[C@@H]3CC[C@H]2CN(C)C3)[nH]1. The van der Waals surface area contributed by atoms with E-state index in [1.54, 1.807) is 0 Å². The zero-order valence-electron chi connectivity index (χ0n) is 13.2. The van der Waals surface area contributed by atoms with E-state index in [1.807, 2.05) is 0 Å². The average molecular weight is 311 g/mol. The molecule has 1 aromatic rings. The molecule has 3 fully saturated rings. The van der Waals surface area contributed by atoms with Crippen LogP contribution >= 0.6 is 11.6 Å². The van der Waals surface area contributed by atoms with Crippen LogP contribution in [-0.4, -0.2) is 52.5 Å². The lowest BCUT2D eigenvalue weighted by molar-refractivity contribution is 0.123. The van der Waals surface area contributed by atoms with E-state index in [0.717, 1.165) is 30.4 Å². The zero-order valence-corrected chi connectivity index (χ0v) is 14.0. The minimum absolute atomic E-state index is 0.673. The second-order valence-electron chi connectivity index (χ2n) is 6.80. The van der Waals surface area contributed by atoms with Gasteiger partial charge in [0.05, 0.1) is 5.69 Å². The molecule has 21 heavy (non-hydrogen) atoms. The number of hydrogen-bond donors (Lipinski definition) is 1. The van der Waals surface area contributed by atoms with Gasteiger partial charge in [0.15, 0.2) is 5.15 Å². The maximum absolute atomic E-state index is 6.34. The number of nitrogens with one attached hydrogen (secondary N) is 1. The molecule has 3 saturated heterocycles. The molecular formula is C16H27ClN4. The summed E-state index contributed by atoms with van der Waals surface area (Å²) in [7, 11) is 2.25. The van der Waals surface area contributed by atoms with Gasteiger partial charge in [-0.1, -0.05) is 24.9 Å². The average Bonchev–Trinajstić information content (AvgIpc) is 2.61. The Kier molecular flexibility index (Phi) is 4.87. The molecule has 1 aromatic heterocycles. The minimum Gasteiger partial charge on any atom is -0.344 e. The number of likely N-dealkylation sites (N-methyl/N-ethyl adjacent to an activating group) is 1. The summed E-state index contributed by atoms with van der Waals surface area (Å²) in [6.45, 7) is 6.76. The molecule has 3 aliphatic heterocycles. The molecule has 0 unspecified atom stereocenters. The summed E-state index contributed by atoms with van der Waals surface area (Å²) in [5.74, 6) is 1.86. The summed E-state index contributed by atoms with van der Waals surface area (Å²) in [6.07, 6.45) is 6.07. The van der Waals surface area contributed by atoms with Crippen LogP contribution in [0.2, 0.25) is 5.15 Å². The smallest absolute Gasteiger partial charge is 0.151 e. The van der Waals surface area contributed by atoms with Gasteiger partial charge < -0.3 is 9.88 Å². The summed E-state index contributed by atoms with van der Waals surface area (Å²) >= 11 is 6.34. The highest BCUT2D eigenvalue weighted by Gasteiger charge is 2.33. The van der Waals surface area contributed by atoms with Crippen LogP contribution in [0.3, 0.4) is 0 Å². The van der Waals surface area contributed by atoms with Crippen LogP contribution < -0.4 is 0 Å². The maximum atomic E-state index is 6.34. The highest BCUT2D eigenvalue weighted by molar-refractivity contribution is 6.30. The number of unbranched alkanes of at least 4 members (excludes halogenated alkanes) is 1. The van der Waals surface area contributed by atoms with Crippen LogP contribution in [0, 0.1) is 5.92 Å². The van der Waals surface area contributed by atoms with Crippen LogP contribution in [0.25, 0.3) is 0 Å². The van der Waals surface area contributed by atoms with Gasteiger partial charge >= 0.3 is 0 Å². The van der Waals surface area contributed by atoms with Crippen molar-refractivity contribution in [3.63, 3.8) is 0 Å². The van der Waals surface area contributed by atoms with E-state index in [0.29, 0.717) is 11.2 Å². The molecule has 3 aliphatic rings. The predicted molar refractivity (Wildman–Crippen MR) is 86.6 cm³/mol. The Balaban J connectivity index is 1.67. The number of H-pyrrole nitrogens is 1. The molecular weight excluding hydrogens is 284 g/mol. The molecule has 0 spiro atoms. The highest BCUT2D eigenvalue weighted by Crippen LogP contribution is 2.29. The molecule has 4 heterocycles. The van der Waals surface area contributed by atoms with Gasteiger partial charge in [-0.2, -0.15) is 0 Å². The summed E-state index contributed by atoms with van der Waals surface area (Å²) in [6, 6.07) is 0.673. The van der Waals surface area contributed by atoms with Gasteiger partial charge in [-0.05, 0) is 32.2 Å². The number of fused-ring (bicyclic) bond motifs is 4. The van der Waals surface area contributed by atoms with Gasteiger partial charge in [-0.15, -0.1) is 0 Å². The Hall–Kier alpha value is -0.580. The Morgan fingerprint density at radius 2 is 2.14 bits per heavy atom. The number of nitrogens with zero attached hydrogens (tertiary/aromatic N) is 3. The van der Waals surface area contributed by atoms with Crippen molar-refractivity contribution in [2.75, 3.05) is 26.7 Å². The molecule has 0 amide bonds. The van der Waals surface area contributed by atoms with E-state index in [2.05, 4.69) is 33.7 Å². The van der Waals surface area contributed by atoms with Crippen molar-refractivity contribution in [2.45, 2.75) is 51.6 Å². The first-order valence-corrected chi connectivity index (χ1v) is 8.69. The summed E-state index contributed by atoms with van der Waals surface area (Å²) < 4.78 is 0. The Morgan fingerprint density at radius 3 is 2.95 bits per heavy atom. The number of piperidine rings is 1. The van der Waals surface area contributed by atoms with Gasteiger partial charge in [0.1, 0.15) is 5.82 Å². The van der Waals surface area contributed by atoms with Crippen molar-refractivity contribution >= 4 is 11.6 Å². The fourth-order valence-electron chi connectivity index (χ4n) is 3.82. The van der Waals surface area contributed by atoms with Gasteiger partial charge in [0, 0.05) is 38.6 Å². The second kappa shape index (κ2) is 6.67. The quantitative estimate of drug-likeness (QED) is 0.908.